The summed E-state index contributed by atoms with van der Waals surface area (Å²) < 4.78 is 17.3. The largest absolute Gasteiger partial charge is 0.493 e. The fourth-order valence-corrected chi connectivity index (χ4v) is 2.21. The van der Waals surface area contributed by atoms with E-state index >= 15 is 0 Å². The minimum absolute atomic E-state index is 0.0360. The van der Waals surface area contributed by atoms with E-state index in [1.807, 2.05) is 19.1 Å². The predicted molar refractivity (Wildman–Crippen MR) is 84.6 cm³/mol. The lowest BCUT2D eigenvalue weighted by Crippen LogP contribution is -2.22. The van der Waals surface area contributed by atoms with Crippen LogP contribution in [0.4, 0.5) is 0 Å². The molecular formula is C15H24BrNO3. The van der Waals surface area contributed by atoms with Gasteiger partial charge in [0.15, 0.2) is 11.5 Å². The van der Waals surface area contributed by atoms with E-state index in [4.69, 9.17) is 14.2 Å². The molecule has 1 N–H and O–H groups in total. The standard InChI is InChI=1S/C15H24BrNO3/c1-10(2)17-8-12-6-13(16)15(14(7-12)19-5)20-9-11(3)18-4/h6-7,10-11,17H,8-9H2,1-5H3. The zero-order valence-electron chi connectivity index (χ0n) is 12.8. The van der Waals surface area contributed by atoms with Gasteiger partial charge in [0, 0.05) is 19.7 Å². The molecule has 0 saturated heterocycles. The second-order valence-corrected chi connectivity index (χ2v) is 5.86. The van der Waals surface area contributed by atoms with Crippen molar-refractivity contribution in [2.75, 3.05) is 20.8 Å². The van der Waals surface area contributed by atoms with Crippen molar-refractivity contribution in [1.82, 2.24) is 5.32 Å². The maximum absolute atomic E-state index is 5.77. The summed E-state index contributed by atoms with van der Waals surface area (Å²) in [6.45, 7) is 7.48. The van der Waals surface area contributed by atoms with E-state index in [2.05, 4.69) is 35.1 Å². The number of halogens is 1. The molecule has 1 aromatic rings. The summed E-state index contributed by atoms with van der Waals surface area (Å²) in [6, 6.07) is 4.48. The van der Waals surface area contributed by atoms with Gasteiger partial charge in [-0.25, -0.2) is 0 Å². The average Bonchev–Trinajstić information content (AvgIpc) is 2.42. The zero-order valence-corrected chi connectivity index (χ0v) is 14.4. The highest BCUT2D eigenvalue weighted by Crippen LogP contribution is 2.36. The Morgan fingerprint density at radius 1 is 1.20 bits per heavy atom. The second-order valence-electron chi connectivity index (χ2n) is 5.00. The zero-order chi connectivity index (χ0) is 15.1. The highest BCUT2D eigenvalue weighted by molar-refractivity contribution is 9.10. The monoisotopic (exact) mass is 345 g/mol. The van der Waals surface area contributed by atoms with Gasteiger partial charge in [0.2, 0.25) is 0 Å². The van der Waals surface area contributed by atoms with Gasteiger partial charge in [-0.2, -0.15) is 0 Å². The first-order chi connectivity index (χ1) is 9.47. The van der Waals surface area contributed by atoms with Crippen molar-refractivity contribution in [1.29, 1.82) is 0 Å². The maximum Gasteiger partial charge on any atom is 0.175 e. The van der Waals surface area contributed by atoms with E-state index in [1.54, 1.807) is 14.2 Å². The van der Waals surface area contributed by atoms with E-state index in [0.29, 0.717) is 18.4 Å². The summed E-state index contributed by atoms with van der Waals surface area (Å²) in [4.78, 5) is 0. The summed E-state index contributed by atoms with van der Waals surface area (Å²) in [7, 11) is 3.31. The first kappa shape index (κ1) is 17.3. The van der Waals surface area contributed by atoms with Gasteiger partial charge in [0.25, 0.3) is 0 Å². The molecule has 0 saturated carbocycles. The Bertz CT molecular complexity index is 424. The van der Waals surface area contributed by atoms with Gasteiger partial charge in [-0.3, -0.25) is 0 Å². The van der Waals surface area contributed by atoms with Crippen LogP contribution < -0.4 is 14.8 Å². The summed E-state index contributed by atoms with van der Waals surface area (Å²) in [6.07, 6.45) is 0.0360. The summed E-state index contributed by atoms with van der Waals surface area (Å²) in [5.74, 6) is 1.44. The topological polar surface area (TPSA) is 39.7 Å². The number of nitrogens with one attached hydrogen (secondary N) is 1. The molecule has 1 atom stereocenters. The second kappa shape index (κ2) is 8.49. The molecule has 114 valence electrons. The van der Waals surface area contributed by atoms with Crippen molar-refractivity contribution >= 4 is 15.9 Å². The maximum atomic E-state index is 5.77. The Hall–Kier alpha value is -0.780. The van der Waals surface area contributed by atoms with Crippen LogP contribution in [0.2, 0.25) is 0 Å². The van der Waals surface area contributed by atoms with Crippen molar-refractivity contribution < 1.29 is 14.2 Å². The van der Waals surface area contributed by atoms with Crippen LogP contribution in [-0.2, 0) is 11.3 Å². The number of hydrogen-bond donors (Lipinski definition) is 1. The van der Waals surface area contributed by atoms with Gasteiger partial charge in [-0.05, 0) is 40.5 Å². The quantitative estimate of drug-likeness (QED) is 0.784. The van der Waals surface area contributed by atoms with E-state index in [9.17, 15) is 0 Å². The van der Waals surface area contributed by atoms with Crippen LogP contribution in [-0.4, -0.2) is 33.0 Å². The number of hydrogen-bond acceptors (Lipinski definition) is 4. The Balaban J connectivity index is 2.84. The minimum Gasteiger partial charge on any atom is -0.493 e. The summed E-state index contributed by atoms with van der Waals surface area (Å²) in [5.41, 5.74) is 1.15. The van der Waals surface area contributed by atoms with Crippen LogP contribution in [0, 0.1) is 0 Å². The SMILES string of the molecule is COc1cc(CNC(C)C)cc(Br)c1OCC(C)OC. The Morgan fingerprint density at radius 2 is 1.90 bits per heavy atom. The van der Waals surface area contributed by atoms with Gasteiger partial charge in [-0.15, -0.1) is 0 Å². The van der Waals surface area contributed by atoms with Gasteiger partial charge in [-0.1, -0.05) is 13.8 Å². The molecular weight excluding hydrogens is 322 g/mol. The lowest BCUT2D eigenvalue weighted by molar-refractivity contribution is 0.0703. The molecule has 0 spiro atoms. The van der Waals surface area contributed by atoms with Crippen LogP contribution in [0.3, 0.4) is 0 Å². The first-order valence-electron chi connectivity index (χ1n) is 6.73. The van der Waals surface area contributed by atoms with Crippen molar-refractivity contribution in [3.63, 3.8) is 0 Å². The highest BCUT2D eigenvalue weighted by atomic mass is 79.9. The highest BCUT2D eigenvalue weighted by Gasteiger charge is 2.13. The molecule has 0 aromatic heterocycles. The van der Waals surface area contributed by atoms with Crippen LogP contribution in [0.15, 0.2) is 16.6 Å². The van der Waals surface area contributed by atoms with Crippen LogP contribution in [0.1, 0.15) is 26.3 Å². The predicted octanol–water partition coefficient (Wildman–Crippen LogP) is 3.37. The summed E-state index contributed by atoms with van der Waals surface area (Å²) >= 11 is 3.54. The van der Waals surface area contributed by atoms with Crippen molar-refractivity contribution in [3.05, 3.63) is 22.2 Å². The fraction of sp³-hybridized carbons (Fsp3) is 0.600. The number of ether oxygens (including phenoxy) is 3. The molecule has 1 unspecified atom stereocenters. The number of methoxy groups -OCH3 is 2. The van der Waals surface area contributed by atoms with E-state index in [-0.39, 0.29) is 6.10 Å². The smallest absolute Gasteiger partial charge is 0.175 e. The van der Waals surface area contributed by atoms with Gasteiger partial charge in [0.05, 0.1) is 17.7 Å². The molecule has 0 aliphatic heterocycles. The first-order valence-corrected chi connectivity index (χ1v) is 7.52. The molecule has 0 fully saturated rings. The molecule has 0 bridgehead atoms. The lowest BCUT2D eigenvalue weighted by Gasteiger charge is -2.17. The van der Waals surface area contributed by atoms with E-state index < -0.39 is 0 Å². The van der Waals surface area contributed by atoms with Crippen molar-refractivity contribution in [2.24, 2.45) is 0 Å². The molecule has 0 aliphatic carbocycles. The van der Waals surface area contributed by atoms with Crippen LogP contribution in [0.25, 0.3) is 0 Å². The van der Waals surface area contributed by atoms with Crippen LogP contribution >= 0.6 is 15.9 Å². The molecule has 0 amide bonds. The van der Waals surface area contributed by atoms with Gasteiger partial charge < -0.3 is 19.5 Å². The molecule has 1 rings (SSSR count). The molecule has 5 heteroatoms. The van der Waals surface area contributed by atoms with Crippen LogP contribution in [0.5, 0.6) is 11.5 Å². The lowest BCUT2D eigenvalue weighted by atomic mass is 10.2. The molecule has 0 aliphatic rings. The van der Waals surface area contributed by atoms with Gasteiger partial charge in [0.1, 0.15) is 6.61 Å². The Morgan fingerprint density at radius 3 is 2.45 bits per heavy atom. The minimum atomic E-state index is 0.0360. The normalized spacial score (nSPS) is 12.6. The third kappa shape index (κ3) is 5.31. The third-order valence-electron chi connectivity index (χ3n) is 2.87. The Kier molecular flexibility index (Phi) is 7.34. The number of rotatable bonds is 8. The van der Waals surface area contributed by atoms with Crippen molar-refractivity contribution in [3.8, 4) is 11.5 Å². The molecule has 4 nitrogen and oxygen atoms in total. The summed E-state index contributed by atoms with van der Waals surface area (Å²) in [5, 5.41) is 3.38. The molecule has 1 aromatic carbocycles. The average molecular weight is 346 g/mol. The molecule has 0 heterocycles. The molecule has 0 radical (unpaired) electrons. The van der Waals surface area contributed by atoms with Gasteiger partial charge >= 0.3 is 0 Å². The molecule has 20 heavy (non-hydrogen) atoms. The van der Waals surface area contributed by atoms with E-state index in [1.165, 1.54) is 0 Å². The fourth-order valence-electron chi connectivity index (χ4n) is 1.61. The van der Waals surface area contributed by atoms with Crippen molar-refractivity contribution in [2.45, 2.75) is 39.5 Å². The Labute approximate surface area is 129 Å². The van der Waals surface area contributed by atoms with E-state index in [0.717, 1.165) is 22.3 Å². The third-order valence-corrected chi connectivity index (χ3v) is 3.46. The number of benzene rings is 1.